The van der Waals surface area contributed by atoms with E-state index in [0.717, 1.165) is 5.02 Å². The molecule has 0 saturated carbocycles. The van der Waals surface area contributed by atoms with Crippen LogP contribution in [0.3, 0.4) is 0 Å². The van der Waals surface area contributed by atoms with Crippen LogP contribution in [0.2, 0.25) is 5.02 Å². The van der Waals surface area contributed by atoms with Crippen molar-refractivity contribution in [2.45, 2.75) is 116 Å². The Balaban J connectivity index is 1.29. The van der Waals surface area contributed by atoms with Crippen molar-refractivity contribution in [3.8, 4) is 0 Å². The van der Waals surface area contributed by atoms with Gasteiger partial charge >= 0.3 is 0 Å². The lowest BCUT2D eigenvalue weighted by Crippen LogP contribution is -1.84. The van der Waals surface area contributed by atoms with Gasteiger partial charge in [0.15, 0.2) is 0 Å². The Morgan fingerprint density at radius 3 is 1.64 bits per heavy atom. The van der Waals surface area contributed by atoms with Gasteiger partial charge in [0.25, 0.3) is 0 Å². The van der Waals surface area contributed by atoms with Crippen LogP contribution in [0, 0.1) is 0 Å². The van der Waals surface area contributed by atoms with Crippen molar-refractivity contribution >= 4 is 11.6 Å². The summed E-state index contributed by atoms with van der Waals surface area (Å²) in [6, 6.07) is 6.37. The van der Waals surface area contributed by atoms with Crippen molar-refractivity contribution in [2.75, 3.05) is 0 Å². The summed E-state index contributed by atoms with van der Waals surface area (Å²) >= 11 is 6.23. The molecule has 1 aromatic rings. The number of hydrogen-bond acceptors (Lipinski definition) is 0. The van der Waals surface area contributed by atoms with Gasteiger partial charge in [-0.3, -0.25) is 0 Å². The van der Waals surface area contributed by atoms with Gasteiger partial charge < -0.3 is 0 Å². The minimum atomic E-state index is 0.699. The molecule has 0 spiro atoms. The molecule has 1 heteroatoms. The molecule has 0 heterocycles. The normalized spacial score (nSPS) is 15.4. The third kappa shape index (κ3) is 8.16. The molecule has 1 aliphatic carbocycles. The largest absolute Gasteiger partial charge is 0.0840 e. The number of hydrogen-bond donors (Lipinski definition) is 0. The van der Waals surface area contributed by atoms with E-state index in [1.807, 2.05) is 6.07 Å². The molecule has 0 radical (unpaired) electrons. The van der Waals surface area contributed by atoms with Crippen LogP contribution < -0.4 is 0 Å². The van der Waals surface area contributed by atoms with Gasteiger partial charge in [0.05, 0.1) is 0 Å². The van der Waals surface area contributed by atoms with Crippen LogP contribution in [0.1, 0.15) is 127 Å². The first-order valence-electron chi connectivity index (χ1n) is 11.1. The minimum absolute atomic E-state index is 0.699. The Labute approximate surface area is 161 Å². The van der Waals surface area contributed by atoms with Crippen LogP contribution in [-0.2, 0) is 0 Å². The van der Waals surface area contributed by atoms with Crippen LogP contribution in [-0.4, -0.2) is 0 Å². The second-order valence-electron chi connectivity index (χ2n) is 8.03. The summed E-state index contributed by atoms with van der Waals surface area (Å²) in [5, 5.41) is 0.989. The first-order valence-corrected chi connectivity index (χ1v) is 11.5. The number of rotatable bonds is 16. The minimum Gasteiger partial charge on any atom is -0.0840 e. The van der Waals surface area contributed by atoms with E-state index >= 15 is 0 Å². The monoisotopic (exact) mass is 362 g/mol. The Hall–Kier alpha value is -0.490. The number of halogens is 1. The summed E-state index contributed by atoms with van der Waals surface area (Å²) in [5.41, 5.74) is 2.95. The van der Waals surface area contributed by atoms with Gasteiger partial charge in [-0.15, -0.1) is 0 Å². The van der Waals surface area contributed by atoms with Crippen LogP contribution in [0.15, 0.2) is 18.2 Å². The van der Waals surface area contributed by atoms with E-state index in [2.05, 4.69) is 19.1 Å². The fraction of sp³-hybridized carbons (Fsp3) is 0.750. The number of benzene rings is 1. The van der Waals surface area contributed by atoms with Crippen molar-refractivity contribution in [1.82, 2.24) is 0 Å². The standard InChI is InChI=1S/C24H39Cl/c1-2-3-4-5-6-7-8-9-10-11-12-13-14-15-16-18-21-22-19-17-20-23(25)24(21)22/h17,19-21H,2-16,18H2,1H3. The highest BCUT2D eigenvalue weighted by molar-refractivity contribution is 6.32. The van der Waals surface area contributed by atoms with E-state index < -0.39 is 0 Å². The van der Waals surface area contributed by atoms with Crippen LogP contribution in [0.5, 0.6) is 0 Å². The third-order valence-corrected chi connectivity index (χ3v) is 6.15. The van der Waals surface area contributed by atoms with Gasteiger partial charge in [0, 0.05) is 10.9 Å². The molecule has 0 saturated heterocycles. The molecule has 0 fully saturated rings. The highest BCUT2D eigenvalue weighted by Crippen LogP contribution is 2.50. The molecule has 1 unspecified atom stereocenters. The van der Waals surface area contributed by atoms with Crippen molar-refractivity contribution in [3.05, 3.63) is 34.3 Å². The topological polar surface area (TPSA) is 0 Å². The first-order chi connectivity index (χ1) is 12.3. The van der Waals surface area contributed by atoms with Crippen LogP contribution in [0.25, 0.3) is 0 Å². The molecule has 1 aliphatic rings. The lowest BCUT2D eigenvalue weighted by Gasteiger charge is -2.03. The highest BCUT2D eigenvalue weighted by atomic mass is 35.5. The second kappa shape index (κ2) is 12.8. The fourth-order valence-corrected chi connectivity index (χ4v) is 4.46. The quantitative estimate of drug-likeness (QED) is 0.257. The van der Waals surface area contributed by atoms with E-state index in [9.17, 15) is 0 Å². The Morgan fingerprint density at radius 1 is 0.680 bits per heavy atom. The Morgan fingerprint density at radius 2 is 1.16 bits per heavy atom. The molecule has 142 valence electrons. The SMILES string of the molecule is CCCCCCCCCCCCCCCCCC1c2cccc(Cl)c21. The molecule has 0 N–H and O–H groups in total. The lowest BCUT2D eigenvalue weighted by atomic mass is 10.0. The lowest BCUT2D eigenvalue weighted by molar-refractivity contribution is 0.529. The summed E-state index contributed by atoms with van der Waals surface area (Å²) in [5.74, 6) is 0.699. The van der Waals surface area contributed by atoms with E-state index in [-0.39, 0.29) is 0 Å². The van der Waals surface area contributed by atoms with E-state index in [1.54, 1.807) is 0 Å². The zero-order chi connectivity index (χ0) is 17.7. The predicted molar refractivity (Wildman–Crippen MR) is 113 cm³/mol. The molecular formula is C24H39Cl. The zero-order valence-corrected chi connectivity index (χ0v) is 17.3. The molecular weight excluding hydrogens is 324 g/mol. The molecule has 1 aromatic carbocycles. The predicted octanol–water partition coefficient (Wildman–Crippen LogP) is 9.05. The van der Waals surface area contributed by atoms with Gasteiger partial charge in [0.1, 0.15) is 0 Å². The molecule has 0 aromatic heterocycles. The number of fused-ring (bicyclic) bond motifs is 1. The van der Waals surface area contributed by atoms with Crippen molar-refractivity contribution in [2.24, 2.45) is 0 Å². The Bertz CT molecular complexity index is 465. The van der Waals surface area contributed by atoms with Gasteiger partial charge in [0.2, 0.25) is 0 Å². The first kappa shape index (κ1) is 20.8. The van der Waals surface area contributed by atoms with Crippen molar-refractivity contribution < 1.29 is 0 Å². The van der Waals surface area contributed by atoms with Gasteiger partial charge in [-0.25, -0.2) is 0 Å². The molecule has 0 aliphatic heterocycles. The molecule has 0 amide bonds. The third-order valence-electron chi connectivity index (χ3n) is 5.82. The summed E-state index contributed by atoms with van der Waals surface area (Å²) in [6.07, 6.45) is 22.9. The second-order valence-corrected chi connectivity index (χ2v) is 8.44. The zero-order valence-electron chi connectivity index (χ0n) is 16.5. The van der Waals surface area contributed by atoms with Gasteiger partial charge in [-0.1, -0.05) is 127 Å². The highest BCUT2D eigenvalue weighted by Gasteiger charge is 2.33. The summed E-state index contributed by atoms with van der Waals surface area (Å²) in [4.78, 5) is 0. The summed E-state index contributed by atoms with van der Waals surface area (Å²) < 4.78 is 0. The average Bonchev–Trinajstić information content (AvgIpc) is 3.33. The smallest absolute Gasteiger partial charge is 0.0447 e. The van der Waals surface area contributed by atoms with E-state index in [4.69, 9.17) is 11.6 Å². The molecule has 1 atom stereocenters. The Kier molecular flexibility index (Phi) is 10.7. The average molecular weight is 363 g/mol. The molecule has 25 heavy (non-hydrogen) atoms. The summed E-state index contributed by atoms with van der Waals surface area (Å²) in [7, 11) is 0. The fourth-order valence-electron chi connectivity index (χ4n) is 4.14. The van der Waals surface area contributed by atoms with Crippen LogP contribution >= 0.6 is 11.6 Å². The van der Waals surface area contributed by atoms with Crippen molar-refractivity contribution in [3.63, 3.8) is 0 Å². The molecule has 2 rings (SSSR count). The number of unbranched alkanes of at least 4 members (excludes halogenated alkanes) is 14. The van der Waals surface area contributed by atoms with Gasteiger partial charge in [-0.2, -0.15) is 0 Å². The molecule has 0 bridgehead atoms. The summed E-state index contributed by atoms with van der Waals surface area (Å²) in [6.45, 7) is 2.29. The maximum atomic E-state index is 6.23. The van der Waals surface area contributed by atoms with Crippen molar-refractivity contribution in [1.29, 1.82) is 0 Å². The van der Waals surface area contributed by atoms with Crippen LogP contribution in [0.4, 0.5) is 0 Å². The molecule has 0 nitrogen and oxygen atoms in total. The maximum Gasteiger partial charge on any atom is 0.0447 e. The van der Waals surface area contributed by atoms with E-state index in [1.165, 1.54) is 114 Å². The van der Waals surface area contributed by atoms with E-state index in [0.29, 0.717) is 5.92 Å². The van der Waals surface area contributed by atoms with Gasteiger partial charge in [-0.05, 0) is 23.6 Å². The maximum absolute atomic E-state index is 6.23.